The maximum absolute atomic E-state index is 12.1. The first-order valence-corrected chi connectivity index (χ1v) is 5.68. The minimum absolute atomic E-state index is 0.0596. The van der Waals surface area contributed by atoms with E-state index in [1.165, 1.54) is 12.2 Å². The third kappa shape index (κ3) is 2.60. The fourth-order valence-corrected chi connectivity index (χ4v) is 1.70. The van der Waals surface area contributed by atoms with Gasteiger partial charge in [-0.05, 0) is 11.6 Å². The molecule has 5 nitrogen and oxygen atoms in total. The second kappa shape index (κ2) is 5.30. The molecule has 5 heteroatoms. The Morgan fingerprint density at radius 1 is 1.16 bits per heavy atom. The van der Waals surface area contributed by atoms with Crippen LogP contribution in [0.1, 0.15) is 5.56 Å². The second-order valence-corrected chi connectivity index (χ2v) is 3.93. The molecule has 19 heavy (non-hydrogen) atoms. The molecule has 0 bridgehead atoms. The molecule has 1 aromatic carbocycles. The molecule has 0 spiro atoms. The summed E-state index contributed by atoms with van der Waals surface area (Å²) < 4.78 is 0. The molecule has 1 N–H and O–H groups in total. The summed E-state index contributed by atoms with van der Waals surface area (Å²) in [6, 6.07) is 8.23. The average molecular weight is 256 g/mol. The van der Waals surface area contributed by atoms with Crippen molar-refractivity contribution in [2.45, 2.75) is 0 Å². The SMILES string of the molecule is C=CCN1C(=O)NC(=O)/C(=C\c2ccccc2)C1=O. The number of barbiturate groups is 1. The Balaban J connectivity index is 2.36. The molecule has 0 radical (unpaired) electrons. The molecule has 0 unspecified atom stereocenters. The first-order chi connectivity index (χ1) is 9.13. The highest BCUT2D eigenvalue weighted by Crippen LogP contribution is 2.14. The van der Waals surface area contributed by atoms with Gasteiger partial charge in [0.15, 0.2) is 0 Å². The van der Waals surface area contributed by atoms with Crippen molar-refractivity contribution >= 4 is 23.9 Å². The number of hydrogen-bond acceptors (Lipinski definition) is 3. The Hall–Kier alpha value is -2.69. The van der Waals surface area contributed by atoms with E-state index in [9.17, 15) is 14.4 Å². The molecular weight excluding hydrogens is 244 g/mol. The molecule has 2 rings (SSSR count). The highest BCUT2D eigenvalue weighted by Gasteiger charge is 2.34. The van der Waals surface area contributed by atoms with E-state index in [2.05, 4.69) is 11.9 Å². The second-order valence-electron chi connectivity index (χ2n) is 3.93. The lowest BCUT2D eigenvalue weighted by atomic mass is 10.1. The maximum Gasteiger partial charge on any atom is 0.331 e. The van der Waals surface area contributed by atoms with Crippen molar-refractivity contribution in [2.75, 3.05) is 6.54 Å². The van der Waals surface area contributed by atoms with Crippen molar-refractivity contribution in [3.63, 3.8) is 0 Å². The quantitative estimate of drug-likeness (QED) is 0.504. The molecule has 0 aromatic heterocycles. The fraction of sp³-hybridized carbons (Fsp3) is 0.0714. The van der Waals surface area contributed by atoms with Gasteiger partial charge in [-0.2, -0.15) is 0 Å². The highest BCUT2D eigenvalue weighted by atomic mass is 16.2. The van der Waals surface area contributed by atoms with Crippen LogP contribution in [0.4, 0.5) is 4.79 Å². The van der Waals surface area contributed by atoms with E-state index >= 15 is 0 Å². The molecule has 1 aliphatic rings. The van der Waals surface area contributed by atoms with Gasteiger partial charge >= 0.3 is 6.03 Å². The zero-order chi connectivity index (χ0) is 13.8. The summed E-state index contributed by atoms with van der Waals surface area (Å²) >= 11 is 0. The number of urea groups is 1. The van der Waals surface area contributed by atoms with E-state index in [0.29, 0.717) is 5.56 Å². The smallest absolute Gasteiger partial charge is 0.273 e. The number of carbonyl (C=O) groups is 3. The number of carbonyl (C=O) groups excluding carboxylic acids is 3. The van der Waals surface area contributed by atoms with Gasteiger partial charge in [0.2, 0.25) is 0 Å². The topological polar surface area (TPSA) is 66.5 Å². The van der Waals surface area contributed by atoms with Crippen LogP contribution in [0.15, 0.2) is 48.6 Å². The molecule has 96 valence electrons. The number of imide groups is 2. The van der Waals surface area contributed by atoms with Crippen LogP contribution < -0.4 is 5.32 Å². The standard InChI is InChI=1S/C14H12N2O3/c1-2-8-16-13(18)11(12(17)15-14(16)19)9-10-6-4-3-5-7-10/h2-7,9H,1,8H2,(H,15,17,19)/b11-9+. The monoisotopic (exact) mass is 256 g/mol. The van der Waals surface area contributed by atoms with Crippen LogP contribution in [0.5, 0.6) is 0 Å². The molecule has 1 saturated heterocycles. The molecule has 1 fully saturated rings. The van der Waals surface area contributed by atoms with Crippen molar-refractivity contribution in [3.8, 4) is 0 Å². The van der Waals surface area contributed by atoms with Crippen molar-refractivity contribution in [1.82, 2.24) is 10.2 Å². The number of nitrogens with one attached hydrogen (secondary N) is 1. The molecule has 4 amide bonds. The summed E-state index contributed by atoms with van der Waals surface area (Å²) in [5, 5.41) is 2.13. The lowest BCUT2D eigenvalue weighted by molar-refractivity contribution is -0.129. The summed E-state index contributed by atoms with van der Waals surface area (Å²) in [6.45, 7) is 3.53. The predicted molar refractivity (Wildman–Crippen MR) is 69.9 cm³/mol. The fourth-order valence-electron chi connectivity index (χ4n) is 1.70. The van der Waals surface area contributed by atoms with Crippen molar-refractivity contribution in [3.05, 3.63) is 54.1 Å². The van der Waals surface area contributed by atoms with Crippen LogP contribution >= 0.6 is 0 Å². The van der Waals surface area contributed by atoms with Gasteiger partial charge in [-0.1, -0.05) is 36.4 Å². The Kier molecular flexibility index (Phi) is 3.56. The van der Waals surface area contributed by atoms with E-state index in [4.69, 9.17) is 0 Å². The molecule has 1 aromatic rings. The van der Waals surface area contributed by atoms with Crippen LogP contribution in [0, 0.1) is 0 Å². The van der Waals surface area contributed by atoms with Crippen LogP contribution in [0.3, 0.4) is 0 Å². The van der Waals surface area contributed by atoms with E-state index in [-0.39, 0.29) is 12.1 Å². The number of nitrogens with zero attached hydrogens (tertiary/aromatic N) is 1. The molecule has 0 saturated carbocycles. The van der Waals surface area contributed by atoms with E-state index in [1.54, 1.807) is 24.3 Å². The van der Waals surface area contributed by atoms with Crippen LogP contribution in [0.25, 0.3) is 6.08 Å². The van der Waals surface area contributed by atoms with Gasteiger partial charge in [0.25, 0.3) is 11.8 Å². The van der Waals surface area contributed by atoms with Crippen LogP contribution in [0.2, 0.25) is 0 Å². The normalized spacial score (nSPS) is 17.6. The van der Waals surface area contributed by atoms with Gasteiger partial charge in [-0.15, -0.1) is 6.58 Å². The third-order valence-electron chi connectivity index (χ3n) is 2.61. The van der Waals surface area contributed by atoms with Crippen molar-refractivity contribution in [2.24, 2.45) is 0 Å². The van der Waals surface area contributed by atoms with Crippen molar-refractivity contribution in [1.29, 1.82) is 0 Å². The number of benzene rings is 1. The van der Waals surface area contributed by atoms with E-state index in [0.717, 1.165) is 4.90 Å². The predicted octanol–water partition coefficient (Wildman–Crippen LogP) is 1.33. The zero-order valence-corrected chi connectivity index (χ0v) is 10.1. The van der Waals surface area contributed by atoms with Gasteiger partial charge < -0.3 is 0 Å². The van der Waals surface area contributed by atoms with Crippen molar-refractivity contribution < 1.29 is 14.4 Å². The summed E-state index contributed by atoms with van der Waals surface area (Å²) in [6.07, 6.45) is 2.88. The summed E-state index contributed by atoms with van der Waals surface area (Å²) in [5.41, 5.74) is 0.654. The molecule has 0 aliphatic carbocycles. The zero-order valence-electron chi connectivity index (χ0n) is 10.1. The Labute approximate surface area is 110 Å². The lowest BCUT2D eigenvalue weighted by Crippen LogP contribution is -2.54. The van der Waals surface area contributed by atoms with Gasteiger partial charge in [0, 0.05) is 6.54 Å². The minimum Gasteiger partial charge on any atom is -0.273 e. The largest absolute Gasteiger partial charge is 0.331 e. The lowest BCUT2D eigenvalue weighted by Gasteiger charge is -2.25. The van der Waals surface area contributed by atoms with Gasteiger partial charge in [0.05, 0.1) is 0 Å². The van der Waals surface area contributed by atoms with E-state index in [1.807, 2.05) is 6.07 Å². The highest BCUT2D eigenvalue weighted by molar-refractivity contribution is 6.31. The van der Waals surface area contributed by atoms with E-state index < -0.39 is 17.8 Å². The van der Waals surface area contributed by atoms with Gasteiger partial charge in [-0.3, -0.25) is 19.8 Å². The number of hydrogen-bond donors (Lipinski definition) is 1. The minimum atomic E-state index is -0.722. The summed E-state index contributed by atoms with van der Waals surface area (Å²) in [5.74, 6) is -1.29. The first-order valence-electron chi connectivity index (χ1n) is 5.68. The Morgan fingerprint density at radius 3 is 2.47 bits per heavy atom. The van der Waals surface area contributed by atoms with Gasteiger partial charge in [-0.25, -0.2) is 4.79 Å². The van der Waals surface area contributed by atoms with Gasteiger partial charge in [0.1, 0.15) is 5.57 Å². The molecular formula is C14H12N2O3. The Morgan fingerprint density at radius 2 is 1.84 bits per heavy atom. The van der Waals surface area contributed by atoms with Crippen LogP contribution in [-0.2, 0) is 9.59 Å². The molecule has 0 atom stereocenters. The maximum atomic E-state index is 12.1. The molecule has 1 aliphatic heterocycles. The summed E-state index contributed by atoms with van der Waals surface area (Å²) in [7, 11) is 0. The Bertz CT molecular complexity index is 576. The van der Waals surface area contributed by atoms with Crippen LogP contribution in [-0.4, -0.2) is 29.3 Å². The first kappa shape index (κ1) is 12.8. The third-order valence-corrected chi connectivity index (χ3v) is 2.61. The average Bonchev–Trinajstić information content (AvgIpc) is 2.41. The summed E-state index contributed by atoms with van der Waals surface area (Å²) in [4.78, 5) is 36.2. The number of rotatable bonds is 3. The molecule has 1 heterocycles. The number of amides is 4.